The summed E-state index contributed by atoms with van der Waals surface area (Å²) in [5, 5.41) is 16.7. The van der Waals surface area contributed by atoms with Crippen LogP contribution in [0.15, 0.2) is 30.3 Å². The minimum absolute atomic E-state index is 0.279. The van der Waals surface area contributed by atoms with Gasteiger partial charge in [-0.3, -0.25) is 9.00 Å². The second-order valence-electron chi connectivity index (χ2n) is 4.22. The Labute approximate surface area is 115 Å². The molecule has 0 aliphatic rings. The molecule has 0 spiro atoms. The monoisotopic (exact) mass is 279 g/mol. The number of carboxylic acids is 1. The summed E-state index contributed by atoms with van der Waals surface area (Å²) in [5.41, 5.74) is 0.875. The minimum Gasteiger partial charge on any atom is -0.480 e. The van der Waals surface area contributed by atoms with E-state index < -0.39 is 22.0 Å². The van der Waals surface area contributed by atoms with E-state index in [2.05, 4.69) is 0 Å². The molecule has 19 heavy (non-hydrogen) atoms. The van der Waals surface area contributed by atoms with E-state index in [9.17, 15) is 9.00 Å². The predicted octanol–water partition coefficient (Wildman–Crippen LogP) is 2.12. The molecule has 0 amide bonds. The molecule has 102 valence electrons. The SMILES string of the molecule is N#CCCCCS(=O)C(Cc1ccccc1)C(=O)O. The molecule has 5 heteroatoms. The minimum atomic E-state index is -1.40. The quantitative estimate of drug-likeness (QED) is 0.739. The molecule has 4 nitrogen and oxygen atoms in total. The number of aliphatic carboxylic acids is 1. The number of nitrogens with zero attached hydrogens (tertiary/aromatic N) is 1. The van der Waals surface area contributed by atoms with Crippen molar-refractivity contribution in [3.63, 3.8) is 0 Å². The molecule has 0 bridgehead atoms. The summed E-state index contributed by atoms with van der Waals surface area (Å²) in [4.78, 5) is 11.2. The van der Waals surface area contributed by atoms with E-state index in [0.29, 0.717) is 25.0 Å². The van der Waals surface area contributed by atoms with Gasteiger partial charge >= 0.3 is 5.97 Å². The molecular formula is C14H17NO3S. The topological polar surface area (TPSA) is 78.2 Å². The number of unbranched alkanes of at least 4 members (excludes halogenated alkanes) is 2. The normalized spacial score (nSPS) is 13.4. The Morgan fingerprint density at radius 1 is 1.32 bits per heavy atom. The van der Waals surface area contributed by atoms with Gasteiger partial charge in [0.15, 0.2) is 0 Å². The van der Waals surface area contributed by atoms with Gasteiger partial charge in [-0.25, -0.2) is 0 Å². The standard InChI is InChI=1S/C14H17NO3S/c15-9-5-2-6-10-19(18)13(14(16)17)11-12-7-3-1-4-8-12/h1,3-4,7-8,13H,2,5-6,10-11H2,(H,16,17). The lowest BCUT2D eigenvalue weighted by molar-refractivity contribution is -0.136. The zero-order valence-corrected chi connectivity index (χ0v) is 11.4. The zero-order chi connectivity index (χ0) is 14.1. The molecule has 1 aromatic carbocycles. The summed E-state index contributed by atoms with van der Waals surface area (Å²) >= 11 is 0. The van der Waals surface area contributed by atoms with Crippen LogP contribution in [0.1, 0.15) is 24.8 Å². The van der Waals surface area contributed by atoms with E-state index in [0.717, 1.165) is 5.56 Å². The average Bonchev–Trinajstić information content (AvgIpc) is 2.41. The fourth-order valence-corrected chi connectivity index (χ4v) is 3.09. The molecule has 0 aromatic heterocycles. The van der Waals surface area contributed by atoms with E-state index in [4.69, 9.17) is 10.4 Å². The van der Waals surface area contributed by atoms with Crippen molar-refractivity contribution in [1.29, 1.82) is 5.26 Å². The molecule has 1 aromatic rings. The van der Waals surface area contributed by atoms with Crippen molar-refractivity contribution in [1.82, 2.24) is 0 Å². The molecular weight excluding hydrogens is 262 g/mol. The van der Waals surface area contributed by atoms with E-state index >= 15 is 0 Å². The van der Waals surface area contributed by atoms with Crippen LogP contribution in [0.25, 0.3) is 0 Å². The zero-order valence-electron chi connectivity index (χ0n) is 10.6. The van der Waals surface area contributed by atoms with Gasteiger partial charge in [0.05, 0.1) is 6.07 Å². The lowest BCUT2D eigenvalue weighted by Gasteiger charge is -2.12. The largest absolute Gasteiger partial charge is 0.480 e. The number of nitriles is 1. The highest BCUT2D eigenvalue weighted by atomic mass is 32.2. The van der Waals surface area contributed by atoms with Crippen molar-refractivity contribution in [2.75, 3.05) is 5.75 Å². The summed E-state index contributed by atoms with van der Waals surface area (Å²) in [5.74, 6) is -0.687. The number of carbonyl (C=O) groups is 1. The number of benzene rings is 1. The van der Waals surface area contributed by atoms with E-state index in [1.807, 2.05) is 36.4 Å². The van der Waals surface area contributed by atoms with Crippen LogP contribution in [0.3, 0.4) is 0 Å². The summed E-state index contributed by atoms with van der Waals surface area (Å²) in [6.07, 6.45) is 1.99. The van der Waals surface area contributed by atoms with Gasteiger partial charge in [0.2, 0.25) is 0 Å². The number of rotatable bonds is 8. The molecule has 0 heterocycles. The van der Waals surface area contributed by atoms with Crippen LogP contribution in [-0.4, -0.2) is 26.3 Å². The molecule has 0 fully saturated rings. The Bertz CT molecular complexity index is 467. The molecule has 0 radical (unpaired) electrons. The van der Waals surface area contributed by atoms with Crippen LogP contribution in [0.5, 0.6) is 0 Å². The first-order valence-electron chi connectivity index (χ1n) is 6.16. The van der Waals surface area contributed by atoms with Crippen LogP contribution in [0, 0.1) is 11.3 Å². The van der Waals surface area contributed by atoms with Gasteiger partial charge in [-0.05, 0) is 24.8 Å². The van der Waals surface area contributed by atoms with Crippen LogP contribution < -0.4 is 0 Å². The first-order valence-corrected chi connectivity index (χ1v) is 7.54. The molecule has 2 unspecified atom stereocenters. The van der Waals surface area contributed by atoms with Gasteiger partial charge < -0.3 is 5.11 Å². The van der Waals surface area contributed by atoms with Gasteiger partial charge in [-0.1, -0.05) is 30.3 Å². The number of hydrogen-bond acceptors (Lipinski definition) is 3. The van der Waals surface area contributed by atoms with E-state index in [-0.39, 0.29) is 6.42 Å². The van der Waals surface area contributed by atoms with Crippen LogP contribution in [0.2, 0.25) is 0 Å². The molecule has 0 saturated heterocycles. The summed E-state index contributed by atoms with van der Waals surface area (Å²) in [6, 6.07) is 11.2. The van der Waals surface area contributed by atoms with Crippen molar-refractivity contribution in [3.05, 3.63) is 35.9 Å². The van der Waals surface area contributed by atoms with Gasteiger partial charge in [0.25, 0.3) is 0 Å². The number of carboxylic acid groups (broad SMARTS) is 1. The van der Waals surface area contributed by atoms with Crippen LogP contribution >= 0.6 is 0 Å². The van der Waals surface area contributed by atoms with E-state index in [1.165, 1.54) is 0 Å². The Balaban J connectivity index is 2.55. The van der Waals surface area contributed by atoms with Gasteiger partial charge in [0, 0.05) is 23.0 Å². The first kappa shape index (κ1) is 15.4. The number of hydrogen-bond donors (Lipinski definition) is 1. The second kappa shape index (κ2) is 8.44. The third kappa shape index (κ3) is 5.66. The maximum absolute atomic E-state index is 12.0. The molecule has 2 atom stereocenters. The average molecular weight is 279 g/mol. The van der Waals surface area contributed by atoms with Crippen molar-refractivity contribution < 1.29 is 14.1 Å². The Morgan fingerprint density at radius 2 is 2.00 bits per heavy atom. The van der Waals surface area contributed by atoms with E-state index in [1.54, 1.807) is 0 Å². The molecule has 1 N–H and O–H groups in total. The fraction of sp³-hybridized carbons (Fsp3) is 0.429. The maximum Gasteiger partial charge on any atom is 0.319 e. The lowest BCUT2D eigenvalue weighted by atomic mass is 10.1. The van der Waals surface area contributed by atoms with Crippen molar-refractivity contribution in [2.45, 2.75) is 30.9 Å². The highest BCUT2D eigenvalue weighted by Crippen LogP contribution is 2.10. The lowest BCUT2D eigenvalue weighted by Crippen LogP contribution is -2.29. The highest BCUT2D eigenvalue weighted by Gasteiger charge is 2.24. The summed E-state index contributed by atoms with van der Waals surface area (Å²) in [6.45, 7) is 0. The second-order valence-corrected chi connectivity index (χ2v) is 5.96. The van der Waals surface area contributed by atoms with Crippen LogP contribution in [-0.2, 0) is 22.0 Å². The third-order valence-electron chi connectivity index (χ3n) is 2.74. The maximum atomic E-state index is 12.0. The molecule has 1 rings (SSSR count). The smallest absolute Gasteiger partial charge is 0.319 e. The molecule has 0 saturated carbocycles. The molecule has 0 aliphatic heterocycles. The Kier molecular flexibility index (Phi) is 6.83. The third-order valence-corrected chi connectivity index (χ3v) is 4.43. The van der Waals surface area contributed by atoms with Crippen molar-refractivity contribution >= 4 is 16.8 Å². The Hall–Kier alpha value is -1.67. The summed E-state index contributed by atoms with van der Waals surface area (Å²) in [7, 11) is -1.40. The van der Waals surface area contributed by atoms with Gasteiger partial charge in [0.1, 0.15) is 5.25 Å². The van der Waals surface area contributed by atoms with Crippen molar-refractivity contribution in [2.24, 2.45) is 0 Å². The predicted molar refractivity (Wildman–Crippen MR) is 74.0 cm³/mol. The van der Waals surface area contributed by atoms with Gasteiger partial charge in [-0.2, -0.15) is 5.26 Å². The first-order chi connectivity index (χ1) is 9.15. The molecule has 0 aliphatic carbocycles. The van der Waals surface area contributed by atoms with Crippen LogP contribution in [0.4, 0.5) is 0 Å². The van der Waals surface area contributed by atoms with Crippen molar-refractivity contribution in [3.8, 4) is 6.07 Å². The summed E-state index contributed by atoms with van der Waals surface area (Å²) < 4.78 is 12.0. The highest BCUT2D eigenvalue weighted by molar-refractivity contribution is 7.86. The van der Waals surface area contributed by atoms with Gasteiger partial charge in [-0.15, -0.1) is 0 Å². The Morgan fingerprint density at radius 3 is 2.58 bits per heavy atom. The fourth-order valence-electron chi connectivity index (χ4n) is 1.71.